The van der Waals surface area contributed by atoms with Crippen molar-refractivity contribution in [3.63, 3.8) is 0 Å². The highest BCUT2D eigenvalue weighted by atomic mass is 16.3. The molecular weight excluding hydrogens is 214 g/mol. The Morgan fingerprint density at radius 1 is 1.12 bits per heavy atom. The molecule has 4 heteroatoms. The van der Waals surface area contributed by atoms with E-state index in [-0.39, 0.29) is 0 Å². The van der Waals surface area contributed by atoms with E-state index in [1.807, 2.05) is 0 Å². The van der Waals surface area contributed by atoms with Crippen molar-refractivity contribution in [1.29, 1.82) is 0 Å². The van der Waals surface area contributed by atoms with Gasteiger partial charge in [-0.2, -0.15) is 0 Å². The van der Waals surface area contributed by atoms with Crippen LogP contribution in [0.15, 0.2) is 0 Å². The number of aryl methyl sites for hydroxylation is 1. The van der Waals surface area contributed by atoms with E-state index in [1.54, 1.807) is 0 Å². The Balaban J connectivity index is 1.83. The van der Waals surface area contributed by atoms with Gasteiger partial charge in [0.2, 0.25) is 0 Å². The first-order valence-corrected chi connectivity index (χ1v) is 6.91. The van der Waals surface area contributed by atoms with Crippen LogP contribution < -0.4 is 0 Å². The molecule has 0 spiro atoms. The topological polar surface area (TPSA) is 50.9 Å². The zero-order valence-electron chi connectivity index (χ0n) is 10.3. The summed E-state index contributed by atoms with van der Waals surface area (Å²) in [5.74, 6) is 3.34. The van der Waals surface area contributed by atoms with Crippen LogP contribution in [0.5, 0.6) is 0 Å². The maximum atomic E-state index is 9.30. The molecule has 1 saturated carbocycles. The molecule has 0 radical (unpaired) electrons. The minimum absolute atomic E-state index is 0.293. The number of hydrogen-bond acceptors (Lipinski definition) is 3. The number of aliphatic hydroxyl groups excluding tert-OH is 1. The van der Waals surface area contributed by atoms with Gasteiger partial charge in [-0.05, 0) is 19.3 Å². The Kier molecular flexibility index (Phi) is 3.14. The molecule has 1 unspecified atom stereocenters. The van der Waals surface area contributed by atoms with E-state index in [4.69, 9.17) is 0 Å². The van der Waals surface area contributed by atoms with Gasteiger partial charge >= 0.3 is 0 Å². The third-order valence-corrected chi connectivity index (χ3v) is 4.30. The highest BCUT2D eigenvalue weighted by Crippen LogP contribution is 2.33. The van der Waals surface area contributed by atoms with E-state index in [2.05, 4.69) is 14.8 Å². The second-order valence-electron chi connectivity index (χ2n) is 5.51. The van der Waals surface area contributed by atoms with Crippen LogP contribution in [0.1, 0.15) is 56.1 Å². The van der Waals surface area contributed by atoms with Crippen LogP contribution >= 0.6 is 0 Å². The lowest BCUT2D eigenvalue weighted by Crippen LogP contribution is -2.25. The molecular formula is C13H21N3O. The maximum Gasteiger partial charge on any atom is 0.136 e. The minimum Gasteiger partial charge on any atom is -0.396 e. The molecule has 1 aliphatic heterocycles. The van der Waals surface area contributed by atoms with Crippen LogP contribution in [-0.2, 0) is 13.0 Å². The molecule has 1 N–H and O–H groups in total. The monoisotopic (exact) mass is 235 g/mol. The molecule has 3 rings (SSSR count). The van der Waals surface area contributed by atoms with Gasteiger partial charge in [0, 0.05) is 31.4 Å². The molecule has 0 saturated heterocycles. The highest BCUT2D eigenvalue weighted by Gasteiger charge is 2.27. The van der Waals surface area contributed by atoms with Gasteiger partial charge in [-0.15, -0.1) is 10.2 Å². The van der Waals surface area contributed by atoms with Gasteiger partial charge in [0.1, 0.15) is 11.6 Å². The molecule has 1 aliphatic carbocycles. The van der Waals surface area contributed by atoms with Gasteiger partial charge in [0.15, 0.2) is 0 Å². The van der Waals surface area contributed by atoms with Crippen molar-refractivity contribution in [1.82, 2.24) is 14.8 Å². The summed E-state index contributed by atoms with van der Waals surface area (Å²) in [5, 5.41) is 18.1. The molecule has 0 amide bonds. The average molecular weight is 235 g/mol. The van der Waals surface area contributed by atoms with Crippen molar-refractivity contribution in [3.05, 3.63) is 11.6 Å². The van der Waals surface area contributed by atoms with Crippen LogP contribution in [0.25, 0.3) is 0 Å². The lowest BCUT2D eigenvalue weighted by atomic mass is 9.88. The lowest BCUT2D eigenvalue weighted by Gasteiger charge is -2.26. The van der Waals surface area contributed by atoms with Crippen molar-refractivity contribution in [2.24, 2.45) is 5.92 Å². The van der Waals surface area contributed by atoms with Crippen molar-refractivity contribution >= 4 is 0 Å². The molecule has 1 aromatic rings. The Labute approximate surface area is 102 Å². The van der Waals surface area contributed by atoms with Gasteiger partial charge in [0.25, 0.3) is 0 Å². The minimum atomic E-state index is 0.293. The van der Waals surface area contributed by atoms with Gasteiger partial charge in [-0.1, -0.05) is 19.3 Å². The molecule has 2 aliphatic rings. The standard InChI is InChI=1S/C13H21N3O/c17-9-10-6-7-12-14-15-13(16(12)8-10)11-4-2-1-3-5-11/h10-11,17H,1-9H2. The molecule has 1 fully saturated rings. The number of rotatable bonds is 2. The number of aliphatic hydroxyl groups is 1. The van der Waals surface area contributed by atoms with Gasteiger partial charge in [-0.3, -0.25) is 0 Å². The summed E-state index contributed by atoms with van der Waals surface area (Å²) in [5.41, 5.74) is 0. The van der Waals surface area contributed by atoms with E-state index in [0.717, 1.165) is 25.2 Å². The second-order valence-corrected chi connectivity index (χ2v) is 5.51. The number of nitrogens with zero attached hydrogens (tertiary/aromatic N) is 3. The Bertz CT molecular complexity index is 382. The van der Waals surface area contributed by atoms with Crippen molar-refractivity contribution in [2.45, 2.75) is 57.4 Å². The van der Waals surface area contributed by atoms with Gasteiger partial charge < -0.3 is 9.67 Å². The number of aromatic nitrogens is 3. The summed E-state index contributed by atoms with van der Waals surface area (Å²) in [4.78, 5) is 0. The third kappa shape index (κ3) is 2.10. The van der Waals surface area contributed by atoms with Crippen LogP contribution in [0.2, 0.25) is 0 Å². The van der Waals surface area contributed by atoms with Gasteiger partial charge in [0.05, 0.1) is 0 Å². The summed E-state index contributed by atoms with van der Waals surface area (Å²) in [6.07, 6.45) is 8.59. The molecule has 1 aromatic heterocycles. The van der Waals surface area contributed by atoms with Crippen molar-refractivity contribution in [3.8, 4) is 0 Å². The SMILES string of the molecule is OCC1CCc2nnc(C3CCCCC3)n2C1. The zero-order chi connectivity index (χ0) is 11.7. The first-order valence-electron chi connectivity index (χ1n) is 6.91. The fourth-order valence-electron chi connectivity index (χ4n) is 3.23. The largest absolute Gasteiger partial charge is 0.396 e. The first kappa shape index (κ1) is 11.2. The predicted molar refractivity (Wildman–Crippen MR) is 64.7 cm³/mol. The van der Waals surface area contributed by atoms with Crippen LogP contribution in [-0.4, -0.2) is 26.5 Å². The molecule has 0 aromatic carbocycles. The molecule has 94 valence electrons. The first-order chi connectivity index (χ1) is 8.38. The Hall–Kier alpha value is -0.900. The van der Waals surface area contributed by atoms with Gasteiger partial charge in [-0.25, -0.2) is 0 Å². The average Bonchev–Trinajstić information content (AvgIpc) is 2.82. The van der Waals surface area contributed by atoms with E-state index in [1.165, 1.54) is 37.9 Å². The smallest absolute Gasteiger partial charge is 0.136 e. The Morgan fingerprint density at radius 3 is 2.71 bits per heavy atom. The van der Waals surface area contributed by atoms with E-state index >= 15 is 0 Å². The summed E-state index contributed by atoms with van der Waals surface area (Å²) in [7, 11) is 0. The fourth-order valence-corrected chi connectivity index (χ4v) is 3.23. The molecule has 17 heavy (non-hydrogen) atoms. The molecule has 0 bridgehead atoms. The zero-order valence-corrected chi connectivity index (χ0v) is 10.3. The van der Waals surface area contributed by atoms with Crippen molar-refractivity contribution < 1.29 is 5.11 Å². The van der Waals surface area contributed by atoms with Crippen LogP contribution in [0, 0.1) is 5.92 Å². The van der Waals surface area contributed by atoms with E-state index in [9.17, 15) is 5.11 Å². The van der Waals surface area contributed by atoms with Crippen LogP contribution in [0.3, 0.4) is 0 Å². The number of hydrogen-bond donors (Lipinski definition) is 1. The molecule has 4 nitrogen and oxygen atoms in total. The summed E-state index contributed by atoms with van der Waals surface area (Å²) in [6.45, 7) is 1.21. The molecule has 1 atom stereocenters. The highest BCUT2D eigenvalue weighted by molar-refractivity contribution is 5.06. The maximum absolute atomic E-state index is 9.30. The quantitative estimate of drug-likeness (QED) is 0.851. The van der Waals surface area contributed by atoms with Crippen LogP contribution in [0.4, 0.5) is 0 Å². The Morgan fingerprint density at radius 2 is 1.94 bits per heavy atom. The summed E-state index contributed by atoms with van der Waals surface area (Å²) >= 11 is 0. The van der Waals surface area contributed by atoms with E-state index < -0.39 is 0 Å². The third-order valence-electron chi connectivity index (χ3n) is 4.30. The second kappa shape index (κ2) is 4.77. The predicted octanol–water partition coefficient (Wildman–Crippen LogP) is 1.88. The molecule has 2 heterocycles. The summed E-state index contributed by atoms with van der Waals surface area (Å²) < 4.78 is 2.29. The lowest BCUT2D eigenvalue weighted by molar-refractivity contribution is 0.188. The number of fused-ring (bicyclic) bond motifs is 1. The normalized spacial score (nSPS) is 25.8. The fraction of sp³-hybridized carbons (Fsp3) is 0.846. The summed E-state index contributed by atoms with van der Waals surface area (Å²) in [6, 6.07) is 0. The van der Waals surface area contributed by atoms with E-state index in [0.29, 0.717) is 18.4 Å². The van der Waals surface area contributed by atoms with Crippen molar-refractivity contribution in [2.75, 3.05) is 6.61 Å².